The average Bonchev–Trinajstić information content (AvgIpc) is 2.94. The van der Waals surface area contributed by atoms with Crippen LogP contribution in [-0.4, -0.2) is 14.3 Å². The van der Waals surface area contributed by atoms with Crippen molar-refractivity contribution in [1.82, 2.24) is 14.3 Å². The zero-order chi connectivity index (χ0) is 12.5. The van der Waals surface area contributed by atoms with Gasteiger partial charge in [-0.1, -0.05) is 6.07 Å². The zero-order valence-corrected chi connectivity index (χ0v) is 9.75. The fourth-order valence-corrected chi connectivity index (χ4v) is 2.09. The summed E-state index contributed by atoms with van der Waals surface area (Å²) >= 11 is 0. The van der Waals surface area contributed by atoms with Crippen molar-refractivity contribution in [3.8, 4) is 0 Å². The maximum absolute atomic E-state index is 13.5. The Bertz CT molecular complexity index is 683. The number of halogens is 1. The van der Waals surface area contributed by atoms with Gasteiger partial charge in [-0.05, 0) is 18.2 Å². The van der Waals surface area contributed by atoms with Crippen LogP contribution in [0.15, 0.2) is 42.9 Å². The molecule has 18 heavy (non-hydrogen) atoms. The van der Waals surface area contributed by atoms with Gasteiger partial charge in [-0.3, -0.25) is 4.68 Å². The molecule has 0 aliphatic rings. The zero-order valence-electron chi connectivity index (χ0n) is 9.75. The third-order valence-corrected chi connectivity index (χ3v) is 2.98. The molecule has 2 aromatic heterocycles. The van der Waals surface area contributed by atoms with Crippen molar-refractivity contribution in [3.63, 3.8) is 0 Å². The summed E-state index contributed by atoms with van der Waals surface area (Å²) in [7, 11) is 0. The molecule has 5 heteroatoms. The Kier molecular flexibility index (Phi) is 2.51. The van der Waals surface area contributed by atoms with E-state index in [-0.39, 0.29) is 5.82 Å². The first-order valence-corrected chi connectivity index (χ1v) is 5.75. The van der Waals surface area contributed by atoms with Crippen LogP contribution in [0.1, 0.15) is 0 Å². The summed E-state index contributed by atoms with van der Waals surface area (Å²) in [6.45, 7) is 1.44. The van der Waals surface area contributed by atoms with Crippen molar-refractivity contribution in [3.05, 3.63) is 48.7 Å². The second-order valence-electron chi connectivity index (χ2n) is 4.22. The van der Waals surface area contributed by atoms with E-state index in [4.69, 9.17) is 5.73 Å². The van der Waals surface area contributed by atoms with E-state index in [1.807, 2.05) is 16.8 Å². The Morgan fingerprint density at radius 1 is 1.22 bits per heavy atom. The maximum Gasteiger partial charge on any atom is 0.132 e. The molecule has 3 rings (SSSR count). The molecule has 0 unspecified atom stereocenters. The molecule has 2 N–H and O–H groups in total. The molecule has 0 radical (unpaired) electrons. The first-order chi connectivity index (χ1) is 8.74. The molecule has 0 aliphatic heterocycles. The van der Waals surface area contributed by atoms with Crippen molar-refractivity contribution in [1.29, 1.82) is 0 Å². The maximum atomic E-state index is 13.5. The number of nitrogens with two attached hydrogens (primary N) is 1. The monoisotopic (exact) mass is 244 g/mol. The molecule has 0 amide bonds. The highest BCUT2D eigenvalue weighted by atomic mass is 19.1. The SMILES string of the molecule is Nc1cnn(CCn2ccc3c(F)cccc32)c1. The van der Waals surface area contributed by atoms with Crippen molar-refractivity contribution < 1.29 is 4.39 Å². The number of hydrogen-bond donors (Lipinski definition) is 1. The second kappa shape index (κ2) is 4.18. The lowest BCUT2D eigenvalue weighted by Gasteiger charge is -2.05. The van der Waals surface area contributed by atoms with Gasteiger partial charge in [0, 0.05) is 24.3 Å². The van der Waals surface area contributed by atoms with Crippen LogP contribution in [0.2, 0.25) is 0 Å². The number of fused-ring (bicyclic) bond motifs is 1. The molecular weight excluding hydrogens is 231 g/mol. The van der Waals surface area contributed by atoms with Crippen LogP contribution in [0, 0.1) is 5.82 Å². The first kappa shape index (κ1) is 10.8. The number of nitrogens with zero attached hydrogens (tertiary/aromatic N) is 3. The highest BCUT2D eigenvalue weighted by Gasteiger charge is 2.05. The predicted octanol–water partition coefficient (Wildman–Crippen LogP) is 2.26. The van der Waals surface area contributed by atoms with E-state index in [0.29, 0.717) is 17.6 Å². The Morgan fingerprint density at radius 3 is 2.89 bits per heavy atom. The summed E-state index contributed by atoms with van der Waals surface area (Å²) in [5.74, 6) is -0.186. The van der Waals surface area contributed by atoms with Crippen LogP contribution in [-0.2, 0) is 13.1 Å². The quantitative estimate of drug-likeness (QED) is 0.768. The van der Waals surface area contributed by atoms with Gasteiger partial charge in [0.2, 0.25) is 0 Å². The van der Waals surface area contributed by atoms with Gasteiger partial charge in [-0.25, -0.2) is 4.39 Å². The van der Waals surface area contributed by atoms with E-state index in [2.05, 4.69) is 5.10 Å². The summed E-state index contributed by atoms with van der Waals surface area (Å²) in [5.41, 5.74) is 7.15. The lowest BCUT2D eigenvalue weighted by Crippen LogP contribution is -2.06. The number of aromatic nitrogens is 3. The molecule has 0 atom stereocenters. The van der Waals surface area contributed by atoms with Gasteiger partial charge in [0.25, 0.3) is 0 Å². The molecule has 0 saturated heterocycles. The number of anilines is 1. The van der Waals surface area contributed by atoms with E-state index in [0.717, 1.165) is 12.1 Å². The normalized spacial score (nSPS) is 11.2. The van der Waals surface area contributed by atoms with Crippen LogP contribution in [0.25, 0.3) is 10.9 Å². The molecule has 0 spiro atoms. The van der Waals surface area contributed by atoms with E-state index in [9.17, 15) is 4.39 Å². The molecule has 2 heterocycles. The van der Waals surface area contributed by atoms with Crippen LogP contribution >= 0.6 is 0 Å². The number of aryl methyl sites for hydroxylation is 2. The third kappa shape index (κ3) is 1.84. The Morgan fingerprint density at radius 2 is 2.11 bits per heavy atom. The lowest BCUT2D eigenvalue weighted by molar-refractivity contribution is 0.543. The summed E-state index contributed by atoms with van der Waals surface area (Å²) in [5, 5.41) is 4.77. The molecular formula is C13H13FN4. The summed E-state index contributed by atoms with van der Waals surface area (Å²) in [6, 6.07) is 6.90. The predicted molar refractivity (Wildman–Crippen MR) is 68.5 cm³/mol. The van der Waals surface area contributed by atoms with Gasteiger partial charge < -0.3 is 10.3 Å². The number of benzene rings is 1. The smallest absolute Gasteiger partial charge is 0.132 e. The molecule has 1 aromatic carbocycles. The fourth-order valence-electron chi connectivity index (χ4n) is 2.09. The Balaban J connectivity index is 1.85. The minimum absolute atomic E-state index is 0.186. The number of nitrogen functional groups attached to an aromatic ring is 1. The van der Waals surface area contributed by atoms with Crippen molar-refractivity contribution in [2.24, 2.45) is 0 Å². The van der Waals surface area contributed by atoms with E-state index in [1.54, 1.807) is 29.2 Å². The molecule has 0 aliphatic carbocycles. The van der Waals surface area contributed by atoms with Gasteiger partial charge in [-0.15, -0.1) is 0 Å². The van der Waals surface area contributed by atoms with Crippen LogP contribution in [0.5, 0.6) is 0 Å². The summed E-state index contributed by atoms with van der Waals surface area (Å²) < 4.78 is 17.3. The Hall–Kier alpha value is -2.30. The molecule has 4 nitrogen and oxygen atoms in total. The van der Waals surface area contributed by atoms with E-state index >= 15 is 0 Å². The largest absolute Gasteiger partial charge is 0.396 e. The minimum atomic E-state index is -0.186. The lowest BCUT2D eigenvalue weighted by atomic mass is 10.2. The van der Waals surface area contributed by atoms with Gasteiger partial charge in [0.15, 0.2) is 0 Å². The molecule has 0 saturated carbocycles. The van der Waals surface area contributed by atoms with Crippen LogP contribution in [0.4, 0.5) is 10.1 Å². The Labute approximate surface area is 103 Å². The number of rotatable bonds is 3. The number of hydrogen-bond acceptors (Lipinski definition) is 2. The van der Waals surface area contributed by atoms with E-state index < -0.39 is 0 Å². The van der Waals surface area contributed by atoms with Crippen molar-refractivity contribution in [2.45, 2.75) is 13.1 Å². The minimum Gasteiger partial charge on any atom is -0.396 e. The molecule has 3 aromatic rings. The average molecular weight is 244 g/mol. The van der Waals surface area contributed by atoms with Gasteiger partial charge >= 0.3 is 0 Å². The fraction of sp³-hybridized carbons (Fsp3) is 0.154. The first-order valence-electron chi connectivity index (χ1n) is 5.75. The van der Waals surface area contributed by atoms with Gasteiger partial charge in [-0.2, -0.15) is 5.10 Å². The second-order valence-corrected chi connectivity index (χ2v) is 4.22. The summed E-state index contributed by atoms with van der Waals surface area (Å²) in [4.78, 5) is 0. The standard InChI is InChI=1S/C13H13FN4/c14-12-2-1-3-13-11(12)4-5-17(13)6-7-18-9-10(15)8-16-18/h1-5,8-9H,6-7,15H2. The van der Waals surface area contributed by atoms with Crippen LogP contribution < -0.4 is 5.73 Å². The van der Waals surface area contributed by atoms with E-state index in [1.165, 1.54) is 6.07 Å². The topological polar surface area (TPSA) is 48.8 Å². The van der Waals surface area contributed by atoms with Crippen molar-refractivity contribution in [2.75, 3.05) is 5.73 Å². The molecule has 0 fully saturated rings. The highest BCUT2D eigenvalue weighted by molar-refractivity contribution is 5.80. The molecule has 0 bridgehead atoms. The van der Waals surface area contributed by atoms with Gasteiger partial charge in [0.05, 0.1) is 23.9 Å². The van der Waals surface area contributed by atoms with Crippen LogP contribution in [0.3, 0.4) is 0 Å². The van der Waals surface area contributed by atoms with Crippen molar-refractivity contribution >= 4 is 16.6 Å². The summed E-state index contributed by atoms with van der Waals surface area (Å²) in [6.07, 6.45) is 5.29. The molecule has 92 valence electrons. The third-order valence-electron chi connectivity index (χ3n) is 2.98. The highest BCUT2D eigenvalue weighted by Crippen LogP contribution is 2.18. The van der Waals surface area contributed by atoms with Gasteiger partial charge in [0.1, 0.15) is 5.82 Å².